The van der Waals surface area contributed by atoms with Crippen molar-refractivity contribution in [2.45, 2.75) is 0 Å². The van der Waals surface area contributed by atoms with Crippen LogP contribution in [0.1, 0.15) is 10.4 Å². The number of furan rings is 1. The Balaban J connectivity index is 1.71. The van der Waals surface area contributed by atoms with Crippen molar-refractivity contribution in [1.82, 2.24) is 0 Å². The van der Waals surface area contributed by atoms with Crippen LogP contribution in [0, 0.1) is 0 Å². The first-order valence-corrected chi connectivity index (χ1v) is 7.99. The van der Waals surface area contributed by atoms with Crippen molar-refractivity contribution in [3.8, 4) is 0 Å². The zero-order valence-corrected chi connectivity index (χ0v) is 13.6. The Labute approximate surface area is 141 Å². The van der Waals surface area contributed by atoms with Crippen LogP contribution in [0.4, 0.5) is 5.69 Å². The van der Waals surface area contributed by atoms with Gasteiger partial charge in [-0.1, -0.05) is 30.3 Å². The van der Waals surface area contributed by atoms with Crippen LogP contribution in [0.5, 0.6) is 0 Å². The van der Waals surface area contributed by atoms with E-state index in [1.54, 1.807) is 6.07 Å². The number of rotatable bonds is 2. The van der Waals surface area contributed by atoms with E-state index in [-0.39, 0.29) is 5.91 Å². The maximum absolute atomic E-state index is 12.4. The second-order valence-corrected chi connectivity index (χ2v) is 6.10. The lowest BCUT2D eigenvalue weighted by Crippen LogP contribution is -2.12. The first-order chi connectivity index (χ1) is 11.2. The molecular weight excluding hydrogens is 354 g/mol. The summed E-state index contributed by atoms with van der Waals surface area (Å²) in [6, 6.07) is 20.9. The largest absolute Gasteiger partial charge is 0.456 e. The number of hydrogen-bond acceptors (Lipinski definition) is 2. The van der Waals surface area contributed by atoms with Crippen LogP contribution in [0.2, 0.25) is 0 Å². The minimum atomic E-state index is -0.159. The van der Waals surface area contributed by atoms with E-state index in [2.05, 4.69) is 21.2 Å². The Kier molecular flexibility index (Phi) is 3.39. The fourth-order valence-electron chi connectivity index (χ4n) is 2.65. The summed E-state index contributed by atoms with van der Waals surface area (Å²) in [6.45, 7) is 0. The Morgan fingerprint density at radius 1 is 0.870 bits per heavy atom. The van der Waals surface area contributed by atoms with Gasteiger partial charge in [0.1, 0.15) is 11.2 Å². The van der Waals surface area contributed by atoms with Crippen molar-refractivity contribution in [3.05, 3.63) is 76.8 Å². The van der Waals surface area contributed by atoms with Crippen LogP contribution in [0.15, 0.2) is 75.6 Å². The normalized spacial score (nSPS) is 11.0. The lowest BCUT2D eigenvalue weighted by Gasteiger charge is -2.06. The molecule has 0 saturated heterocycles. The summed E-state index contributed by atoms with van der Waals surface area (Å²) in [5.74, 6) is -0.159. The number of carbonyl (C=O) groups is 1. The zero-order valence-electron chi connectivity index (χ0n) is 12.0. The fourth-order valence-corrected chi connectivity index (χ4v) is 3.11. The Morgan fingerprint density at radius 3 is 2.48 bits per heavy atom. The molecule has 4 rings (SSSR count). The van der Waals surface area contributed by atoms with Gasteiger partial charge < -0.3 is 9.73 Å². The number of hydrogen-bond donors (Lipinski definition) is 1. The van der Waals surface area contributed by atoms with Crippen molar-refractivity contribution in [2.75, 3.05) is 5.32 Å². The van der Waals surface area contributed by atoms with Gasteiger partial charge in [-0.15, -0.1) is 0 Å². The number of fused-ring (bicyclic) bond motifs is 3. The molecule has 0 spiro atoms. The van der Waals surface area contributed by atoms with Gasteiger partial charge in [0.2, 0.25) is 0 Å². The van der Waals surface area contributed by atoms with Gasteiger partial charge in [0.05, 0.1) is 5.56 Å². The third kappa shape index (κ3) is 2.51. The Hall–Kier alpha value is -2.59. The number of carbonyl (C=O) groups excluding carboxylic acids is 1. The molecule has 1 N–H and O–H groups in total. The molecule has 1 aromatic heterocycles. The molecule has 1 heterocycles. The number of para-hydroxylation sites is 1. The maximum atomic E-state index is 12.4. The first kappa shape index (κ1) is 14.0. The predicted molar refractivity (Wildman–Crippen MR) is 95.8 cm³/mol. The Bertz CT molecular complexity index is 1040. The second kappa shape index (κ2) is 5.56. The van der Waals surface area contributed by atoms with Crippen molar-refractivity contribution < 1.29 is 9.21 Å². The van der Waals surface area contributed by atoms with E-state index in [1.165, 1.54) is 0 Å². The molecule has 23 heavy (non-hydrogen) atoms. The van der Waals surface area contributed by atoms with E-state index in [0.29, 0.717) is 11.3 Å². The SMILES string of the molecule is O=C(Nc1ccc2c(c1)oc1ccccc12)c1ccccc1Br. The standard InChI is InChI=1S/C19H12BrNO2/c20-16-7-3-1-6-15(16)19(22)21-12-9-10-14-13-5-2-4-8-17(13)23-18(14)11-12/h1-11H,(H,21,22). The van der Waals surface area contributed by atoms with Crippen molar-refractivity contribution in [3.63, 3.8) is 0 Å². The summed E-state index contributed by atoms with van der Waals surface area (Å²) in [7, 11) is 0. The first-order valence-electron chi connectivity index (χ1n) is 7.19. The third-order valence-corrected chi connectivity index (χ3v) is 4.45. The lowest BCUT2D eigenvalue weighted by atomic mass is 10.1. The Morgan fingerprint density at radius 2 is 1.61 bits per heavy atom. The molecule has 0 bridgehead atoms. The number of amides is 1. The van der Waals surface area contributed by atoms with Gasteiger partial charge >= 0.3 is 0 Å². The summed E-state index contributed by atoms with van der Waals surface area (Å²) < 4.78 is 6.61. The highest BCUT2D eigenvalue weighted by Gasteiger charge is 2.11. The summed E-state index contributed by atoms with van der Waals surface area (Å²) in [6.07, 6.45) is 0. The molecule has 0 aliphatic carbocycles. The van der Waals surface area contributed by atoms with Crippen LogP contribution in [-0.4, -0.2) is 5.91 Å². The highest BCUT2D eigenvalue weighted by Crippen LogP contribution is 2.30. The van der Waals surface area contributed by atoms with Crippen LogP contribution in [0.25, 0.3) is 21.9 Å². The average molecular weight is 366 g/mol. The van der Waals surface area contributed by atoms with Gasteiger partial charge in [-0.05, 0) is 46.3 Å². The molecule has 0 saturated carbocycles. The van der Waals surface area contributed by atoms with Crippen LogP contribution in [-0.2, 0) is 0 Å². The highest BCUT2D eigenvalue weighted by atomic mass is 79.9. The minimum absolute atomic E-state index is 0.159. The quantitative estimate of drug-likeness (QED) is 0.502. The molecule has 0 fully saturated rings. The van der Waals surface area contributed by atoms with Gasteiger partial charge in [0.15, 0.2) is 0 Å². The lowest BCUT2D eigenvalue weighted by molar-refractivity contribution is 0.102. The summed E-state index contributed by atoms with van der Waals surface area (Å²) in [5.41, 5.74) is 2.91. The number of nitrogens with one attached hydrogen (secondary N) is 1. The predicted octanol–water partition coefficient (Wildman–Crippen LogP) is 5.60. The van der Waals surface area contributed by atoms with Gasteiger partial charge in [0.25, 0.3) is 5.91 Å². The van der Waals surface area contributed by atoms with Crippen molar-refractivity contribution in [2.24, 2.45) is 0 Å². The number of anilines is 1. The van der Waals surface area contributed by atoms with Crippen molar-refractivity contribution in [1.29, 1.82) is 0 Å². The summed E-state index contributed by atoms with van der Waals surface area (Å²) in [5, 5.41) is 5.02. The molecule has 1 amide bonds. The summed E-state index contributed by atoms with van der Waals surface area (Å²) >= 11 is 3.39. The molecular formula is C19H12BrNO2. The third-order valence-electron chi connectivity index (χ3n) is 3.76. The van der Waals surface area contributed by atoms with E-state index in [0.717, 1.165) is 26.4 Å². The molecule has 4 aromatic rings. The summed E-state index contributed by atoms with van der Waals surface area (Å²) in [4.78, 5) is 12.4. The highest BCUT2D eigenvalue weighted by molar-refractivity contribution is 9.10. The van der Waals surface area contributed by atoms with Crippen LogP contribution in [0.3, 0.4) is 0 Å². The molecule has 3 nitrogen and oxygen atoms in total. The smallest absolute Gasteiger partial charge is 0.256 e. The number of halogens is 1. The topological polar surface area (TPSA) is 42.2 Å². The van der Waals surface area contributed by atoms with E-state index in [4.69, 9.17) is 4.42 Å². The fraction of sp³-hybridized carbons (Fsp3) is 0. The molecule has 0 aliphatic rings. The van der Waals surface area contributed by atoms with E-state index < -0.39 is 0 Å². The molecule has 112 valence electrons. The molecule has 0 aliphatic heterocycles. The van der Waals surface area contributed by atoms with Gasteiger partial charge in [-0.3, -0.25) is 4.79 Å². The molecule has 3 aromatic carbocycles. The van der Waals surface area contributed by atoms with Gasteiger partial charge in [0, 0.05) is 27.0 Å². The van der Waals surface area contributed by atoms with Crippen LogP contribution < -0.4 is 5.32 Å². The van der Waals surface area contributed by atoms with Gasteiger partial charge in [-0.2, -0.15) is 0 Å². The second-order valence-electron chi connectivity index (χ2n) is 5.24. The van der Waals surface area contributed by atoms with Gasteiger partial charge in [-0.25, -0.2) is 0 Å². The van der Waals surface area contributed by atoms with Crippen LogP contribution >= 0.6 is 15.9 Å². The average Bonchev–Trinajstić information content (AvgIpc) is 2.92. The van der Waals surface area contributed by atoms with E-state index in [1.807, 2.05) is 60.7 Å². The molecule has 4 heteroatoms. The molecule has 0 unspecified atom stereocenters. The molecule has 0 atom stereocenters. The zero-order chi connectivity index (χ0) is 15.8. The maximum Gasteiger partial charge on any atom is 0.256 e. The van der Waals surface area contributed by atoms with E-state index in [9.17, 15) is 4.79 Å². The monoisotopic (exact) mass is 365 g/mol. The molecule has 0 radical (unpaired) electrons. The van der Waals surface area contributed by atoms with Crippen molar-refractivity contribution >= 4 is 49.5 Å². The number of benzene rings is 3. The minimum Gasteiger partial charge on any atom is -0.456 e. The van der Waals surface area contributed by atoms with E-state index >= 15 is 0 Å².